The van der Waals surface area contributed by atoms with Gasteiger partial charge in [-0.05, 0) is 18.2 Å². The highest BCUT2D eigenvalue weighted by atomic mass is 16.5. The van der Waals surface area contributed by atoms with Crippen molar-refractivity contribution in [1.29, 1.82) is 0 Å². The summed E-state index contributed by atoms with van der Waals surface area (Å²) in [7, 11) is 0. The number of para-hydroxylation sites is 1. The zero-order valence-corrected chi connectivity index (χ0v) is 14.6. The SMILES string of the molecule is O=C(NCCOc1cccc2cccnc12)c1cc(-c2ccccc2)n[nH]1. The molecule has 0 saturated carbocycles. The molecule has 2 aromatic heterocycles. The molecule has 4 aromatic rings. The molecular weight excluding hydrogens is 340 g/mol. The molecule has 2 N–H and O–H groups in total. The standard InChI is InChI=1S/C21H18N4O2/c26-21(18-14-17(24-25-18)15-6-2-1-3-7-15)23-12-13-27-19-10-4-8-16-9-5-11-22-20(16)19/h1-11,14H,12-13H2,(H,23,26)(H,24,25). The third-order valence-corrected chi connectivity index (χ3v) is 4.13. The number of rotatable bonds is 6. The summed E-state index contributed by atoms with van der Waals surface area (Å²) in [6.07, 6.45) is 1.74. The summed E-state index contributed by atoms with van der Waals surface area (Å²) in [5, 5.41) is 10.8. The van der Waals surface area contributed by atoms with E-state index in [0.717, 1.165) is 22.2 Å². The van der Waals surface area contributed by atoms with E-state index in [1.807, 2.05) is 60.7 Å². The average Bonchev–Trinajstić information content (AvgIpc) is 3.22. The predicted octanol–water partition coefficient (Wildman–Crippen LogP) is 3.43. The number of nitrogens with one attached hydrogen (secondary N) is 2. The lowest BCUT2D eigenvalue weighted by atomic mass is 10.1. The molecule has 6 heteroatoms. The normalized spacial score (nSPS) is 10.7. The fourth-order valence-electron chi connectivity index (χ4n) is 2.81. The molecule has 0 fully saturated rings. The largest absolute Gasteiger partial charge is 0.489 e. The molecule has 6 nitrogen and oxygen atoms in total. The number of aromatic nitrogens is 3. The molecule has 27 heavy (non-hydrogen) atoms. The Bertz CT molecular complexity index is 1050. The Morgan fingerprint density at radius 3 is 2.78 bits per heavy atom. The summed E-state index contributed by atoms with van der Waals surface area (Å²) in [6, 6.07) is 21.1. The zero-order valence-electron chi connectivity index (χ0n) is 14.6. The zero-order chi connectivity index (χ0) is 18.5. The highest BCUT2D eigenvalue weighted by molar-refractivity contribution is 5.93. The molecule has 0 radical (unpaired) electrons. The lowest BCUT2D eigenvalue weighted by Crippen LogP contribution is -2.28. The van der Waals surface area contributed by atoms with Crippen LogP contribution in [0.5, 0.6) is 5.75 Å². The number of hydrogen-bond donors (Lipinski definition) is 2. The number of benzene rings is 2. The molecular formula is C21H18N4O2. The maximum Gasteiger partial charge on any atom is 0.269 e. The smallest absolute Gasteiger partial charge is 0.269 e. The third kappa shape index (κ3) is 3.79. The van der Waals surface area contributed by atoms with E-state index < -0.39 is 0 Å². The number of pyridine rings is 1. The number of hydrogen-bond acceptors (Lipinski definition) is 4. The van der Waals surface area contributed by atoms with Crippen molar-refractivity contribution < 1.29 is 9.53 Å². The molecule has 0 aliphatic heterocycles. The maximum absolute atomic E-state index is 12.3. The van der Waals surface area contributed by atoms with Gasteiger partial charge in [0.2, 0.25) is 0 Å². The molecule has 0 saturated heterocycles. The molecule has 2 heterocycles. The lowest BCUT2D eigenvalue weighted by Gasteiger charge is -2.09. The monoisotopic (exact) mass is 358 g/mol. The fraction of sp³-hybridized carbons (Fsp3) is 0.0952. The topological polar surface area (TPSA) is 79.9 Å². The molecule has 1 amide bonds. The summed E-state index contributed by atoms with van der Waals surface area (Å²) in [4.78, 5) is 16.6. The van der Waals surface area contributed by atoms with Crippen LogP contribution in [0.2, 0.25) is 0 Å². The Morgan fingerprint density at radius 1 is 1.04 bits per heavy atom. The van der Waals surface area contributed by atoms with Crippen molar-refractivity contribution >= 4 is 16.8 Å². The van der Waals surface area contributed by atoms with Crippen LogP contribution in [0.3, 0.4) is 0 Å². The van der Waals surface area contributed by atoms with E-state index in [1.54, 1.807) is 12.3 Å². The number of carbonyl (C=O) groups is 1. The number of nitrogens with zero attached hydrogens (tertiary/aromatic N) is 2. The Kier molecular flexibility index (Phi) is 4.78. The van der Waals surface area contributed by atoms with Gasteiger partial charge in [-0.25, -0.2) is 0 Å². The quantitative estimate of drug-likeness (QED) is 0.518. The van der Waals surface area contributed by atoms with Crippen LogP contribution >= 0.6 is 0 Å². The summed E-state index contributed by atoms with van der Waals surface area (Å²) in [6.45, 7) is 0.725. The van der Waals surface area contributed by atoms with Crippen LogP contribution in [0.1, 0.15) is 10.5 Å². The van der Waals surface area contributed by atoms with Gasteiger partial charge in [0.1, 0.15) is 23.6 Å². The van der Waals surface area contributed by atoms with E-state index in [-0.39, 0.29) is 5.91 Å². The molecule has 0 aliphatic carbocycles. The van der Waals surface area contributed by atoms with E-state index in [9.17, 15) is 4.79 Å². The van der Waals surface area contributed by atoms with Gasteiger partial charge in [0.05, 0.1) is 12.2 Å². The van der Waals surface area contributed by atoms with Gasteiger partial charge < -0.3 is 10.1 Å². The van der Waals surface area contributed by atoms with Crippen molar-refractivity contribution in [3.8, 4) is 17.0 Å². The minimum absolute atomic E-state index is 0.218. The Labute approximate surface area is 156 Å². The van der Waals surface area contributed by atoms with Gasteiger partial charge in [0, 0.05) is 17.1 Å². The molecule has 0 unspecified atom stereocenters. The van der Waals surface area contributed by atoms with Crippen LogP contribution in [0, 0.1) is 0 Å². The van der Waals surface area contributed by atoms with Gasteiger partial charge in [-0.15, -0.1) is 0 Å². The molecule has 0 spiro atoms. The molecule has 134 valence electrons. The number of H-pyrrole nitrogens is 1. The average molecular weight is 358 g/mol. The van der Waals surface area contributed by atoms with Crippen LogP contribution in [-0.2, 0) is 0 Å². The van der Waals surface area contributed by atoms with Gasteiger partial charge in [-0.2, -0.15) is 5.10 Å². The minimum atomic E-state index is -0.218. The van der Waals surface area contributed by atoms with Crippen molar-refractivity contribution in [2.45, 2.75) is 0 Å². The first kappa shape index (κ1) is 16.8. The Balaban J connectivity index is 1.33. The van der Waals surface area contributed by atoms with Crippen LogP contribution < -0.4 is 10.1 Å². The van der Waals surface area contributed by atoms with E-state index >= 15 is 0 Å². The van der Waals surface area contributed by atoms with Crippen molar-refractivity contribution in [2.24, 2.45) is 0 Å². The molecule has 0 aliphatic rings. The van der Waals surface area contributed by atoms with Gasteiger partial charge in [-0.3, -0.25) is 14.9 Å². The first-order valence-corrected chi connectivity index (χ1v) is 8.67. The number of amides is 1. The summed E-state index contributed by atoms with van der Waals surface area (Å²) >= 11 is 0. The van der Waals surface area contributed by atoms with E-state index in [0.29, 0.717) is 24.6 Å². The van der Waals surface area contributed by atoms with E-state index in [4.69, 9.17) is 4.74 Å². The number of ether oxygens (including phenoxy) is 1. The molecule has 4 rings (SSSR count). The van der Waals surface area contributed by atoms with Crippen LogP contribution in [0.4, 0.5) is 0 Å². The van der Waals surface area contributed by atoms with Crippen LogP contribution in [-0.4, -0.2) is 34.2 Å². The van der Waals surface area contributed by atoms with Gasteiger partial charge in [0.15, 0.2) is 0 Å². The van der Waals surface area contributed by atoms with Crippen LogP contribution in [0.15, 0.2) is 72.9 Å². The Hall–Kier alpha value is -3.67. The number of fused-ring (bicyclic) bond motifs is 1. The maximum atomic E-state index is 12.3. The van der Waals surface area contributed by atoms with Gasteiger partial charge in [0.25, 0.3) is 5.91 Å². The molecule has 0 bridgehead atoms. The summed E-state index contributed by atoms with van der Waals surface area (Å²) in [5.74, 6) is 0.486. The van der Waals surface area contributed by atoms with Gasteiger partial charge >= 0.3 is 0 Å². The second-order valence-corrected chi connectivity index (χ2v) is 5.97. The van der Waals surface area contributed by atoms with E-state index in [1.165, 1.54) is 0 Å². The molecule has 0 atom stereocenters. The minimum Gasteiger partial charge on any atom is -0.489 e. The fourth-order valence-corrected chi connectivity index (χ4v) is 2.81. The second-order valence-electron chi connectivity index (χ2n) is 5.97. The summed E-state index contributed by atoms with van der Waals surface area (Å²) in [5.41, 5.74) is 2.92. The second kappa shape index (κ2) is 7.70. The van der Waals surface area contributed by atoms with E-state index in [2.05, 4.69) is 20.5 Å². The Morgan fingerprint density at radius 2 is 1.89 bits per heavy atom. The van der Waals surface area contributed by atoms with Crippen LogP contribution in [0.25, 0.3) is 22.2 Å². The van der Waals surface area contributed by atoms with Crippen molar-refractivity contribution in [3.05, 3.63) is 78.6 Å². The van der Waals surface area contributed by atoms with Crippen molar-refractivity contribution in [1.82, 2.24) is 20.5 Å². The number of aromatic amines is 1. The van der Waals surface area contributed by atoms with Crippen molar-refractivity contribution in [2.75, 3.05) is 13.2 Å². The highest BCUT2D eigenvalue weighted by Gasteiger charge is 2.10. The van der Waals surface area contributed by atoms with Gasteiger partial charge in [-0.1, -0.05) is 48.5 Å². The molecule has 2 aromatic carbocycles. The first-order chi connectivity index (χ1) is 13.3. The van der Waals surface area contributed by atoms with Crippen molar-refractivity contribution in [3.63, 3.8) is 0 Å². The summed E-state index contributed by atoms with van der Waals surface area (Å²) < 4.78 is 5.78. The third-order valence-electron chi connectivity index (χ3n) is 4.13. The highest BCUT2D eigenvalue weighted by Crippen LogP contribution is 2.22. The lowest BCUT2D eigenvalue weighted by molar-refractivity contribution is 0.0942. The number of carbonyl (C=O) groups excluding carboxylic acids is 1. The predicted molar refractivity (Wildman–Crippen MR) is 104 cm³/mol. The first-order valence-electron chi connectivity index (χ1n) is 8.67.